The van der Waals surface area contributed by atoms with Gasteiger partial charge in [0.2, 0.25) is 0 Å². The third-order valence-electron chi connectivity index (χ3n) is 4.22. The standard InChI is InChI=1S/C15H22N4O3.ClH/c1-11-14(9-13(10-17-11)19(21)22)15(20)18-7-4-12(5-8-18)3-6-16-2;/h9-10,12,16H,3-8H2,1-2H3;1H. The summed E-state index contributed by atoms with van der Waals surface area (Å²) in [6.45, 7) is 4.11. The summed E-state index contributed by atoms with van der Waals surface area (Å²) >= 11 is 0. The number of pyridine rings is 1. The van der Waals surface area contributed by atoms with Crippen LogP contribution >= 0.6 is 12.4 Å². The number of nitro groups is 1. The van der Waals surface area contributed by atoms with Gasteiger partial charge in [-0.25, -0.2) is 0 Å². The van der Waals surface area contributed by atoms with Crippen LogP contribution in [-0.4, -0.2) is 47.4 Å². The SMILES string of the molecule is CNCCC1CCN(C(=O)c2cc([N+](=O)[O-])cnc2C)CC1.Cl. The first-order valence-electron chi connectivity index (χ1n) is 7.58. The minimum absolute atomic E-state index is 0. The van der Waals surface area contributed by atoms with E-state index >= 15 is 0 Å². The van der Waals surface area contributed by atoms with Crippen LogP contribution in [0.25, 0.3) is 0 Å². The van der Waals surface area contributed by atoms with Gasteiger partial charge in [0.25, 0.3) is 11.6 Å². The second kappa shape index (κ2) is 8.79. The van der Waals surface area contributed by atoms with Crippen LogP contribution in [0.4, 0.5) is 5.69 Å². The molecule has 0 atom stereocenters. The van der Waals surface area contributed by atoms with E-state index in [1.54, 1.807) is 11.8 Å². The van der Waals surface area contributed by atoms with E-state index in [0.29, 0.717) is 30.3 Å². The van der Waals surface area contributed by atoms with E-state index < -0.39 is 4.92 Å². The lowest BCUT2D eigenvalue weighted by Gasteiger charge is -2.32. The van der Waals surface area contributed by atoms with E-state index in [1.165, 1.54) is 12.3 Å². The monoisotopic (exact) mass is 342 g/mol. The van der Waals surface area contributed by atoms with Crippen molar-refractivity contribution in [1.82, 2.24) is 15.2 Å². The Labute approximate surface area is 142 Å². The van der Waals surface area contributed by atoms with Crippen LogP contribution in [0.3, 0.4) is 0 Å². The molecule has 0 radical (unpaired) electrons. The minimum Gasteiger partial charge on any atom is -0.339 e. The van der Waals surface area contributed by atoms with Gasteiger partial charge in [0.15, 0.2) is 0 Å². The molecule has 0 aliphatic carbocycles. The van der Waals surface area contributed by atoms with Crippen LogP contribution in [0.15, 0.2) is 12.3 Å². The molecule has 0 saturated carbocycles. The number of nitrogens with zero attached hydrogens (tertiary/aromatic N) is 3. The first kappa shape index (κ1) is 19.3. The lowest BCUT2D eigenvalue weighted by molar-refractivity contribution is -0.385. The van der Waals surface area contributed by atoms with Gasteiger partial charge in [0.1, 0.15) is 6.20 Å². The lowest BCUT2D eigenvalue weighted by atomic mass is 9.93. The number of nitrogens with one attached hydrogen (secondary N) is 1. The molecular weight excluding hydrogens is 320 g/mol. The summed E-state index contributed by atoms with van der Waals surface area (Å²) in [5.74, 6) is 0.488. The summed E-state index contributed by atoms with van der Waals surface area (Å²) < 4.78 is 0. The molecule has 1 N–H and O–H groups in total. The summed E-state index contributed by atoms with van der Waals surface area (Å²) in [6, 6.07) is 1.33. The number of aromatic nitrogens is 1. The van der Waals surface area contributed by atoms with Crippen LogP contribution in [0.2, 0.25) is 0 Å². The number of carbonyl (C=O) groups excluding carboxylic acids is 1. The molecule has 8 heteroatoms. The molecule has 0 bridgehead atoms. The van der Waals surface area contributed by atoms with E-state index in [-0.39, 0.29) is 24.0 Å². The van der Waals surface area contributed by atoms with Crippen LogP contribution in [0.1, 0.15) is 35.3 Å². The highest BCUT2D eigenvalue weighted by molar-refractivity contribution is 5.95. The first-order chi connectivity index (χ1) is 10.5. The second-order valence-electron chi connectivity index (χ2n) is 5.71. The van der Waals surface area contributed by atoms with Crippen molar-refractivity contribution >= 4 is 24.0 Å². The van der Waals surface area contributed by atoms with Crippen LogP contribution in [0, 0.1) is 23.0 Å². The first-order valence-corrected chi connectivity index (χ1v) is 7.58. The van der Waals surface area contributed by atoms with Gasteiger partial charge in [-0.1, -0.05) is 0 Å². The molecule has 1 aliphatic rings. The molecule has 7 nitrogen and oxygen atoms in total. The molecular formula is C15H23ClN4O3. The van der Waals surface area contributed by atoms with E-state index in [2.05, 4.69) is 10.3 Å². The average Bonchev–Trinajstić information content (AvgIpc) is 2.53. The molecule has 1 amide bonds. The predicted octanol–water partition coefficient (Wildman–Crippen LogP) is 2.18. The molecule has 1 aromatic rings. The van der Waals surface area contributed by atoms with E-state index in [1.807, 2.05) is 7.05 Å². The number of rotatable bonds is 5. The molecule has 0 unspecified atom stereocenters. The molecule has 0 spiro atoms. The summed E-state index contributed by atoms with van der Waals surface area (Å²) in [5, 5.41) is 14.0. The van der Waals surface area contributed by atoms with Crippen molar-refractivity contribution < 1.29 is 9.72 Å². The molecule has 1 saturated heterocycles. The average molecular weight is 343 g/mol. The zero-order chi connectivity index (χ0) is 16.1. The molecule has 128 valence electrons. The van der Waals surface area contributed by atoms with Gasteiger partial charge in [-0.15, -0.1) is 12.4 Å². The van der Waals surface area contributed by atoms with Gasteiger partial charge in [-0.05, 0) is 45.7 Å². The Morgan fingerprint density at radius 1 is 1.48 bits per heavy atom. The third kappa shape index (κ3) is 4.87. The van der Waals surface area contributed by atoms with Crippen molar-refractivity contribution in [2.75, 3.05) is 26.7 Å². The Hall–Kier alpha value is -1.73. The maximum Gasteiger partial charge on any atom is 0.288 e. The smallest absolute Gasteiger partial charge is 0.288 e. The fraction of sp³-hybridized carbons (Fsp3) is 0.600. The van der Waals surface area contributed by atoms with E-state index in [9.17, 15) is 14.9 Å². The third-order valence-corrected chi connectivity index (χ3v) is 4.22. The van der Waals surface area contributed by atoms with Crippen molar-refractivity contribution in [3.8, 4) is 0 Å². The van der Waals surface area contributed by atoms with Gasteiger partial charge < -0.3 is 10.2 Å². The number of hydrogen-bond donors (Lipinski definition) is 1. The fourth-order valence-corrected chi connectivity index (χ4v) is 2.78. The molecule has 0 aromatic carbocycles. The Morgan fingerprint density at radius 2 is 2.13 bits per heavy atom. The number of carbonyl (C=O) groups is 1. The molecule has 2 heterocycles. The summed E-state index contributed by atoms with van der Waals surface area (Å²) in [5.41, 5.74) is 0.730. The minimum atomic E-state index is -0.521. The fourth-order valence-electron chi connectivity index (χ4n) is 2.78. The predicted molar refractivity (Wildman–Crippen MR) is 90.0 cm³/mol. The van der Waals surface area contributed by atoms with Crippen molar-refractivity contribution in [2.45, 2.75) is 26.2 Å². The van der Waals surface area contributed by atoms with E-state index in [0.717, 1.165) is 25.8 Å². The van der Waals surface area contributed by atoms with Crippen molar-refractivity contribution in [3.05, 3.63) is 33.6 Å². The molecule has 1 aromatic heterocycles. The van der Waals surface area contributed by atoms with Crippen LogP contribution < -0.4 is 5.32 Å². The molecule has 1 aliphatic heterocycles. The number of halogens is 1. The quantitative estimate of drug-likeness (QED) is 0.654. The number of hydrogen-bond acceptors (Lipinski definition) is 5. The summed E-state index contributed by atoms with van der Waals surface area (Å²) in [4.78, 5) is 28.6. The second-order valence-corrected chi connectivity index (χ2v) is 5.71. The van der Waals surface area contributed by atoms with Crippen LogP contribution in [0.5, 0.6) is 0 Å². The maximum absolute atomic E-state index is 12.6. The van der Waals surface area contributed by atoms with E-state index in [4.69, 9.17) is 0 Å². The Kier molecular flexibility index (Phi) is 7.38. The zero-order valence-electron chi connectivity index (χ0n) is 13.4. The number of piperidine rings is 1. The highest BCUT2D eigenvalue weighted by Crippen LogP contribution is 2.23. The molecule has 23 heavy (non-hydrogen) atoms. The molecule has 1 fully saturated rings. The van der Waals surface area contributed by atoms with Crippen molar-refractivity contribution in [3.63, 3.8) is 0 Å². The largest absolute Gasteiger partial charge is 0.339 e. The topological polar surface area (TPSA) is 88.4 Å². The Bertz CT molecular complexity index is 560. The Morgan fingerprint density at radius 3 is 2.70 bits per heavy atom. The maximum atomic E-state index is 12.6. The normalized spacial score (nSPS) is 15.1. The van der Waals surface area contributed by atoms with Gasteiger partial charge in [0, 0.05) is 19.2 Å². The van der Waals surface area contributed by atoms with Crippen molar-refractivity contribution in [2.24, 2.45) is 5.92 Å². The van der Waals surface area contributed by atoms with Gasteiger partial charge in [0.05, 0.1) is 16.2 Å². The lowest BCUT2D eigenvalue weighted by Crippen LogP contribution is -2.39. The van der Waals surface area contributed by atoms with Gasteiger partial charge in [-0.3, -0.25) is 19.9 Å². The van der Waals surface area contributed by atoms with Crippen molar-refractivity contribution in [1.29, 1.82) is 0 Å². The zero-order valence-corrected chi connectivity index (χ0v) is 14.3. The summed E-state index contributed by atoms with van der Waals surface area (Å²) in [6.07, 6.45) is 4.27. The molecule has 2 rings (SSSR count). The number of aryl methyl sites for hydroxylation is 1. The highest BCUT2D eigenvalue weighted by atomic mass is 35.5. The van der Waals surface area contributed by atoms with Gasteiger partial charge in [-0.2, -0.15) is 0 Å². The van der Waals surface area contributed by atoms with Gasteiger partial charge >= 0.3 is 0 Å². The number of likely N-dealkylation sites (tertiary alicyclic amines) is 1. The number of amides is 1. The Balaban J connectivity index is 0.00000264. The summed E-state index contributed by atoms with van der Waals surface area (Å²) in [7, 11) is 1.94. The van der Waals surface area contributed by atoms with Crippen LogP contribution in [-0.2, 0) is 0 Å². The highest BCUT2D eigenvalue weighted by Gasteiger charge is 2.25.